The molecule has 0 saturated heterocycles. The zero-order valence-corrected chi connectivity index (χ0v) is 10.8. The topological polar surface area (TPSA) is 115 Å². The maximum absolute atomic E-state index is 13.2. The van der Waals surface area contributed by atoms with Crippen molar-refractivity contribution in [3.63, 3.8) is 0 Å². The number of carboxylic acids is 1. The van der Waals surface area contributed by atoms with Crippen molar-refractivity contribution < 1.29 is 27.5 Å². The van der Waals surface area contributed by atoms with Gasteiger partial charge in [0, 0.05) is 0 Å². The molecule has 1 aromatic rings. The van der Waals surface area contributed by atoms with Crippen molar-refractivity contribution in [2.75, 3.05) is 0 Å². The summed E-state index contributed by atoms with van der Waals surface area (Å²) in [5.41, 5.74) is 4.21. The van der Waals surface area contributed by atoms with Gasteiger partial charge in [-0.25, -0.2) is 17.6 Å². The number of carbonyl (C=O) groups excluding carboxylic acids is 1. The number of sulfone groups is 1. The number of halogens is 1. The minimum atomic E-state index is -4.13. The monoisotopic (exact) mass is 289 g/mol. The molecular formula is C11H12FNO5S. The third-order valence-electron chi connectivity index (χ3n) is 2.56. The summed E-state index contributed by atoms with van der Waals surface area (Å²) in [4.78, 5) is 21.4. The smallest absolute Gasteiger partial charge is 0.338 e. The van der Waals surface area contributed by atoms with Crippen LogP contribution in [0.25, 0.3) is 0 Å². The first-order valence-corrected chi connectivity index (χ1v) is 6.82. The minimum Gasteiger partial charge on any atom is -0.478 e. The molecule has 1 atom stereocenters. The SMILES string of the molecule is CCC(C(N)=O)S(=O)(=O)c1ccc(F)c(C(=O)O)c1. The summed E-state index contributed by atoms with van der Waals surface area (Å²) in [6.07, 6.45) is -0.0581. The van der Waals surface area contributed by atoms with E-state index in [1.807, 2.05) is 0 Å². The van der Waals surface area contributed by atoms with Gasteiger partial charge in [-0.3, -0.25) is 4.79 Å². The number of hydrogen-bond acceptors (Lipinski definition) is 4. The van der Waals surface area contributed by atoms with Crippen molar-refractivity contribution in [1.82, 2.24) is 0 Å². The fraction of sp³-hybridized carbons (Fsp3) is 0.273. The Morgan fingerprint density at radius 1 is 1.42 bits per heavy atom. The number of primary amides is 1. The van der Waals surface area contributed by atoms with Gasteiger partial charge in [0.15, 0.2) is 9.84 Å². The second kappa shape index (κ2) is 5.35. The molecule has 0 aliphatic rings. The summed E-state index contributed by atoms with van der Waals surface area (Å²) in [5, 5.41) is 7.26. The molecule has 0 bridgehead atoms. The summed E-state index contributed by atoms with van der Waals surface area (Å²) in [6.45, 7) is 1.45. The lowest BCUT2D eigenvalue weighted by molar-refractivity contribution is -0.117. The quantitative estimate of drug-likeness (QED) is 0.769. The number of amides is 1. The van der Waals surface area contributed by atoms with Crippen molar-refractivity contribution >= 4 is 21.7 Å². The van der Waals surface area contributed by atoms with E-state index in [0.717, 1.165) is 12.1 Å². The van der Waals surface area contributed by atoms with E-state index in [-0.39, 0.29) is 6.42 Å². The first-order chi connectivity index (χ1) is 8.71. The third-order valence-corrected chi connectivity index (χ3v) is 4.79. The van der Waals surface area contributed by atoms with Crippen LogP contribution in [0.5, 0.6) is 0 Å². The largest absolute Gasteiger partial charge is 0.478 e. The van der Waals surface area contributed by atoms with E-state index >= 15 is 0 Å². The highest BCUT2D eigenvalue weighted by Crippen LogP contribution is 2.21. The van der Waals surface area contributed by atoms with Gasteiger partial charge in [-0.15, -0.1) is 0 Å². The fourth-order valence-electron chi connectivity index (χ4n) is 1.58. The molecule has 104 valence electrons. The van der Waals surface area contributed by atoms with Gasteiger partial charge < -0.3 is 10.8 Å². The highest BCUT2D eigenvalue weighted by molar-refractivity contribution is 7.92. The Labute approximate surface area is 109 Å². The number of aromatic carboxylic acids is 1. The number of benzene rings is 1. The third kappa shape index (κ3) is 2.90. The van der Waals surface area contributed by atoms with E-state index in [1.165, 1.54) is 6.92 Å². The number of carbonyl (C=O) groups is 2. The normalized spacial score (nSPS) is 12.9. The lowest BCUT2D eigenvalue weighted by Gasteiger charge is -2.12. The maximum Gasteiger partial charge on any atom is 0.338 e. The molecule has 1 rings (SSSR count). The zero-order valence-electron chi connectivity index (χ0n) is 9.96. The van der Waals surface area contributed by atoms with Gasteiger partial charge in [-0.2, -0.15) is 0 Å². The van der Waals surface area contributed by atoms with Crippen molar-refractivity contribution in [3.8, 4) is 0 Å². The Morgan fingerprint density at radius 2 is 2.00 bits per heavy atom. The molecule has 0 fully saturated rings. The van der Waals surface area contributed by atoms with E-state index < -0.39 is 43.2 Å². The maximum atomic E-state index is 13.2. The fourth-order valence-corrected chi connectivity index (χ4v) is 3.20. The second-order valence-corrected chi connectivity index (χ2v) is 5.92. The van der Waals surface area contributed by atoms with Crippen LogP contribution in [-0.2, 0) is 14.6 Å². The van der Waals surface area contributed by atoms with Crippen LogP contribution in [0.1, 0.15) is 23.7 Å². The predicted molar refractivity (Wildman–Crippen MR) is 63.8 cm³/mol. The molecule has 0 aromatic heterocycles. The molecule has 0 aliphatic carbocycles. The summed E-state index contributed by atoms with van der Waals surface area (Å²) in [6, 6.07) is 2.31. The van der Waals surface area contributed by atoms with Crippen molar-refractivity contribution in [3.05, 3.63) is 29.6 Å². The summed E-state index contributed by atoms with van der Waals surface area (Å²) < 4.78 is 37.3. The molecule has 1 aromatic carbocycles. The van der Waals surface area contributed by atoms with Gasteiger partial charge in [0.25, 0.3) is 0 Å². The molecule has 0 saturated carbocycles. The van der Waals surface area contributed by atoms with Gasteiger partial charge in [-0.05, 0) is 24.6 Å². The van der Waals surface area contributed by atoms with Crippen LogP contribution in [-0.4, -0.2) is 30.7 Å². The number of rotatable bonds is 5. The lowest BCUT2D eigenvalue weighted by atomic mass is 10.2. The van der Waals surface area contributed by atoms with Crippen LogP contribution in [0.15, 0.2) is 23.1 Å². The van der Waals surface area contributed by atoms with Gasteiger partial charge >= 0.3 is 5.97 Å². The van der Waals surface area contributed by atoms with Gasteiger partial charge in [0.2, 0.25) is 5.91 Å². The average Bonchev–Trinajstić information content (AvgIpc) is 2.28. The van der Waals surface area contributed by atoms with Gasteiger partial charge in [0.05, 0.1) is 10.5 Å². The summed E-state index contributed by atoms with van der Waals surface area (Å²) in [5.74, 6) is -3.69. The van der Waals surface area contributed by atoms with E-state index in [2.05, 4.69) is 0 Å². The minimum absolute atomic E-state index is 0.0581. The van der Waals surface area contributed by atoms with Crippen LogP contribution in [0.3, 0.4) is 0 Å². The number of nitrogens with two attached hydrogens (primary N) is 1. The van der Waals surface area contributed by atoms with Gasteiger partial charge in [0.1, 0.15) is 11.1 Å². The Morgan fingerprint density at radius 3 is 2.42 bits per heavy atom. The number of carboxylic acid groups (broad SMARTS) is 1. The molecule has 0 radical (unpaired) electrons. The van der Waals surface area contributed by atoms with Crippen LogP contribution < -0.4 is 5.73 Å². The predicted octanol–water partition coefficient (Wildman–Crippen LogP) is 0.561. The molecule has 19 heavy (non-hydrogen) atoms. The average molecular weight is 289 g/mol. The molecule has 0 aliphatic heterocycles. The van der Waals surface area contributed by atoms with Crippen molar-refractivity contribution in [2.45, 2.75) is 23.5 Å². The Hall–Kier alpha value is -1.96. The molecule has 0 spiro atoms. The highest BCUT2D eigenvalue weighted by Gasteiger charge is 2.31. The first-order valence-electron chi connectivity index (χ1n) is 5.27. The van der Waals surface area contributed by atoms with Crippen molar-refractivity contribution in [2.24, 2.45) is 5.73 Å². The zero-order chi connectivity index (χ0) is 14.8. The van der Waals surface area contributed by atoms with Crippen LogP contribution >= 0.6 is 0 Å². The molecular weight excluding hydrogens is 277 g/mol. The molecule has 1 amide bonds. The highest BCUT2D eigenvalue weighted by atomic mass is 32.2. The lowest BCUT2D eigenvalue weighted by Crippen LogP contribution is -2.35. The molecule has 3 N–H and O–H groups in total. The van der Waals surface area contributed by atoms with E-state index in [0.29, 0.717) is 6.07 Å². The van der Waals surface area contributed by atoms with E-state index in [4.69, 9.17) is 10.8 Å². The Bertz CT molecular complexity index is 626. The molecule has 6 nitrogen and oxygen atoms in total. The summed E-state index contributed by atoms with van der Waals surface area (Å²) >= 11 is 0. The van der Waals surface area contributed by atoms with Crippen LogP contribution in [0.2, 0.25) is 0 Å². The second-order valence-electron chi connectivity index (χ2n) is 3.79. The first kappa shape index (κ1) is 15.1. The summed E-state index contributed by atoms with van der Waals surface area (Å²) in [7, 11) is -4.13. The Balaban J connectivity index is 3.41. The van der Waals surface area contributed by atoms with Crippen LogP contribution in [0.4, 0.5) is 4.39 Å². The Kier molecular flexibility index (Phi) is 4.25. The molecule has 8 heteroatoms. The van der Waals surface area contributed by atoms with E-state index in [1.54, 1.807) is 0 Å². The molecule has 1 unspecified atom stereocenters. The number of hydrogen-bond donors (Lipinski definition) is 2. The van der Waals surface area contributed by atoms with E-state index in [9.17, 15) is 22.4 Å². The standard InChI is InChI=1S/C11H12FNO5S/c1-2-9(10(13)14)19(17,18)6-3-4-8(12)7(5-6)11(15)16/h3-5,9H,2H2,1H3,(H2,13,14)(H,15,16). The van der Waals surface area contributed by atoms with Crippen LogP contribution in [0, 0.1) is 5.82 Å². The molecule has 0 heterocycles. The van der Waals surface area contributed by atoms with Crippen molar-refractivity contribution in [1.29, 1.82) is 0 Å². The van der Waals surface area contributed by atoms with Gasteiger partial charge in [-0.1, -0.05) is 6.92 Å².